The highest BCUT2D eigenvalue weighted by molar-refractivity contribution is 6.32. The maximum absolute atomic E-state index is 13.6. The van der Waals surface area contributed by atoms with Gasteiger partial charge in [0.05, 0.1) is 23.3 Å². The average Bonchev–Trinajstić information content (AvgIpc) is 2.75. The van der Waals surface area contributed by atoms with Gasteiger partial charge in [0.2, 0.25) is 5.91 Å². The van der Waals surface area contributed by atoms with Crippen LogP contribution in [0.3, 0.4) is 0 Å². The summed E-state index contributed by atoms with van der Waals surface area (Å²) in [5, 5.41) is 6.60. The van der Waals surface area contributed by atoms with Gasteiger partial charge in [-0.1, -0.05) is 54.1 Å². The van der Waals surface area contributed by atoms with Crippen molar-refractivity contribution in [1.82, 2.24) is 5.43 Å². The number of nitrogens with zero attached hydrogens (tertiary/aromatic N) is 1. The molecular weight excluding hydrogens is 421 g/mol. The van der Waals surface area contributed by atoms with Gasteiger partial charge in [0, 0.05) is 0 Å². The second kappa shape index (κ2) is 10.9. The topological polar surface area (TPSA) is 79.8 Å². The quantitative estimate of drug-likeness (QED) is 0.408. The first kappa shape index (κ1) is 22.0. The van der Waals surface area contributed by atoms with Gasteiger partial charge in [-0.25, -0.2) is 9.82 Å². The molecule has 0 aromatic heterocycles. The van der Waals surface area contributed by atoms with Crippen molar-refractivity contribution in [2.24, 2.45) is 5.10 Å². The van der Waals surface area contributed by atoms with E-state index >= 15 is 0 Å². The molecule has 0 heterocycles. The third-order valence-corrected chi connectivity index (χ3v) is 4.37. The van der Waals surface area contributed by atoms with Crippen LogP contribution in [0.25, 0.3) is 0 Å². The van der Waals surface area contributed by atoms with Crippen LogP contribution >= 0.6 is 11.6 Å². The molecule has 0 atom stereocenters. The number of carbonyl (C=O) groups excluding carboxylic acids is 2. The Morgan fingerprint density at radius 2 is 1.74 bits per heavy atom. The number of para-hydroxylation sites is 1. The zero-order valence-corrected chi connectivity index (χ0v) is 17.1. The molecule has 8 heteroatoms. The number of benzene rings is 3. The van der Waals surface area contributed by atoms with Gasteiger partial charge in [-0.05, 0) is 41.5 Å². The zero-order chi connectivity index (χ0) is 22.1. The Morgan fingerprint density at radius 1 is 1.00 bits per heavy atom. The van der Waals surface area contributed by atoms with E-state index < -0.39 is 11.7 Å². The van der Waals surface area contributed by atoms with Gasteiger partial charge in [-0.2, -0.15) is 5.10 Å². The maximum Gasteiger partial charge on any atom is 0.262 e. The summed E-state index contributed by atoms with van der Waals surface area (Å²) < 4.78 is 19.0. The molecule has 0 aliphatic rings. The normalized spacial score (nSPS) is 10.6. The van der Waals surface area contributed by atoms with E-state index in [-0.39, 0.29) is 35.4 Å². The van der Waals surface area contributed by atoms with Crippen molar-refractivity contribution < 1.29 is 18.7 Å². The summed E-state index contributed by atoms with van der Waals surface area (Å²) in [6.45, 7) is -0.336. The molecule has 3 aromatic rings. The van der Waals surface area contributed by atoms with Gasteiger partial charge in [0.15, 0.2) is 6.61 Å². The third kappa shape index (κ3) is 6.94. The second-order valence-electron chi connectivity index (χ2n) is 6.46. The summed E-state index contributed by atoms with van der Waals surface area (Å²) in [6.07, 6.45) is 1.67. The molecular formula is C23H19ClFN3O3. The van der Waals surface area contributed by atoms with Crippen LogP contribution in [0, 0.1) is 5.82 Å². The molecule has 0 bridgehead atoms. The molecule has 6 nitrogen and oxygen atoms in total. The summed E-state index contributed by atoms with van der Waals surface area (Å²) >= 11 is 6.18. The molecule has 2 N–H and O–H groups in total. The predicted molar refractivity (Wildman–Crippen MR) is 118 cm³/mol. The van der Waals surface area contributed by atoms with Crippen molar-refractivity contribution in [3.05, 3.63) is 94.8 Å². The van der Waals surface area contributed by atoms with Gasteiger partial charge in [-0.15, -0.1) is 0 Å². The van der Waals surface area contributed by atoms with Crippen molar-refractivity contribution in [2.45, 2.75) is 6.42 Å². The molecule has 2 amide bonds. The SMILES string of the molecule is O=C(Cc1ccccc1)NN=Cc1ccc(OCC(=O)Nc2ccccc2F)c(Cl)c1. The molecule has 0 aliphatic heterocycles. The molecule has 0 spiro atoms. The number of amides is 2. The van der Waals surface area contributed by atoms with E-state index in [4.69, 9.17) is 16.3 Å². The maximum atomic E-state index is 13.6. The number of hydrogen-bond donors (Lipinski definition) is 2. The van der Waals surface area contributed by atoms with Crippen molar-refractivity contribution >= 4 is 35.3 Å². The lowest BCUT2D eigenvalue weighted by atomic mass is 10.1. The predicted octanol–water partition coefficient (Wildman–Crippen LogP) is 4.19. The molecule has 0 saturated heterocycles. The number of hydrazone groups is 1. The first-order valence-corrected chi connectivity index (χ1v) is 9.71. The molecule has 0 fully saturated rings. The summed E-state index contributed by atoms with van der Waals surface area (Å²) in [5.74, 6) is -1.01. The molecule has 0 aliphatic carbocycles. The molecule has 31 heavy (non-hydrogen) atoms. The highest BCUT2D eigenvalue weighted by Gasteiger charge is 2.09. The lowest BCUT2D eigenvalue weighted by Crippen LogP contribution is -2.20. The second-order valence-corrected chi connectivity index (χ2v) is 6.87. The fraction of sp³-hybridized carbons (Fsp3) is 0.0870. The first-order chi connectivity index (χ1) is 15.0. The molecule has 158 valence electrons. The number of rotatable bonds is 8. The van der Waals surface area contributed by atoms with Gasteiger partial charge in [0.25, 0.3) is 5.91 Å². The van der Waals surface area contributed by atoms with E-state index in [0.29, 0.717) is 5.56 Å². The molecule has 0 unspecified atom stereocenters. The Bertz CT molecular complexity index is 1090. The van der Waals surface area contributed by atoms with E-state index in [1.165, 1.54) is 24.4 Å². The molecule has 0 saturated carbocycles. The number of ether oxygens (including phenoxy) is 1. The molecule has 3 rings (SSSR count). The third-order valence-electron chi connectivity index (χ3n) is 4.07. The lowest BCUT2D eigenvalue weighted by Gasteiger charge is -2.09. The minimum Gasteiger partial charge on any atom is -0.482 e. The van der Waals surface area contributed by atoms with Crippen LogP contribution in [0.2, 0.25) is 5.02 Å². The smallest absolute Gasteiger partial charge is 0.262 e. The van der Waals surface area contributed by atoms with Gasteiger partial charge in [0.1, 0.15) is 11.6 Å². The lowest BCUT2D eigenvalue weighted by molar-refractivity contribution is -0.120. The summed E-state index contributed by atoms with van der Waals surface area (Å²) in [4.78, 5) is 23.8. The number of hydrogen-bond acceptors (Lipinski definition) is 4. The first-order valence-electron chi connectivity index (χ1n) is 9.34. The van der Waals surface area contributed by atoms with Crippen LogP contribution in [-0.4, -0.2) is 24.6 Å². The Kier molecular flexibility index (Phi) is 7.73. The van der Waals surface area contributed by atoms with Crippen LogP contribution in [0.4, 0.5) is 10.1 Å². The fourth-order valence-electron chi connectivity index (χ4n) is 2.61. The fourth-order valence-corrected chi connectivity index (χ4v) is 2.85. The highest BCUT2D eigenvalue weighted by atomic mass is 35.5. The summed E-state index contributed by atoms with van der Waals surface area (Å²) in [7, 11) is 0. The zero-order valence-electron chi connectivity index (χ0n) is 16.3. The Hall–Kier alpha value is -3.71. The summed E-state index contributed by atoms with van der Waals surface area (Å²) in [5.41, 5.74) is 4.05. The Labute approximate surface area is 183 Å². The van der Waals surface area contributed by atoms with Crippen molar-refractivity contribution in [1.29, 1.82) is 0 Å². The number of anilines is 1. The van der Waals surface area contributed by atoms with Crippen molar-refractivity contribution in [3.8, 4) is 5.75 Å². The van der Waals surface area contributed by atoms with E-state index in [2.05, 4.69) is 15.8 Å². The van der Waals surface area contributed by atoms with Crippen LogP contribution in [0.5, 0.6) is 5.75 Å². The number of carbonyl (C=O) groups is 2. The minimum atomic E-state index is -0.534. The Morgan fingerprint density at radius 3 is 2.48 bits per heavy atom. The molecule has 3 aromatic carbocycles. The Balaban J connectivity index is 1.49. The van der Waals surface area contributed by atoms with E-state index in [1.54, 1.807) is 24.3 Å². The van der Waals surface area contributed by atoms with E-state index in [1.807, 2.05) is 30.3 Å². The number of nitrogens with one attached hydrogen (secondary N) is 2. The minimum absolute atomic E-state index is 0.0723. The average molecular weight is 440 g/mol. The van der Waals surface area contributed by atoms with Crippen molar-refractivity contribution in [2.75, 3.05) is 11.9 Å². The van der Waals surface area contributed by atoms with E-state index in [0.717, 1.165) is 5.56 Å². The van der Waals surface area contributed by atoms with Gasteiger partial charge in [-0.3, -0.25) is 9.59 Å². The number of halogens is 2. The highest BCUT2D eigenvalue weighted by Crippen LogP contribution is 2.25. The summed E-state index contributed by atoms with van der Waals surface area (Å²) in [6, 6.07) is 20.0. The van der Waals surface area contributed by atoms with Crippen LogP contribution in [-0.2, 0) is 16.0 Å². The molecule has 0 radical (unpaired) electrons. The van der Waals surface area contributed by atoms with Crippen molar-refractivity contribution in [3.63, 3.8) is 0 Å². The van der Waals surface area contributed by atoms with Gasteiger partial charge >= 0.3 is 0 Å². The van der Waals surface area contributed by atoms with Crippen LogP contribution < -0.4 is 15.5 Å². The van der Waals surface area contributed by atoms with Gasteiger partial charge < -0.3 is 10.1 Å². The van der Waals surface area contributed by atoms with Crippen LogP contribution in [0.15, 0.2) is 77.9 Å². The monoisotopic (exact) mass is 439 g/mol. The largest absolute Gasteiger partial charge is 0.482 e. The standard InChI is InChI=1S/C23H19ClFN3O3/c24-18-12-17(14-26-28-22(29)13-16-6-2-1-3-7-16)10-11-21(18)31-15-23(30)27-20-9-5-4-8-19(20)25/h1-12,14H,13,15H2,(H,27,30)(H,28,29). The van der Waals surface area contributed by atoms with Crippen LogP contribution in [0.1, 0.15) is 11.1 Å². The van der Waals surface area contributed by atoms with E-state index in [9.17, 15) is 14.0 Å².